The number of likely N-dealkylation sites (tertiary alicyclic amines) is 1. The molecule has 8 heteroatoms. The number of benzene rings is 2. The largest absolute Gasteiger partial charge is 0.455 e. The molecular formula is C23H19Cl2N3O3. The molecule has 1 N–H and O–H groups in total. The maximum Gasteiger partial charge on any atom is 0.259 e. The van der Waals surface area contributed by atoms with Gasteiger partial charge in [-0.15, -0.1) is 0 Å². The average Bonchev–Trinajstić information content (AvgIpc) is 3.35. The Morgan fingerprint density at radius 3 is 2.61 bits per heavy atom. The Bertz CT molecular complexity index is 1110. The summed E-state index contributed by atoms with van der Waals surface area (Å²) in [5.41, 5.74) is 4.28. The van der Waals surface area contributed by atoms with Gasteiger partial charge >= 0.3 is 0 Å². The Hall–Kier alpha value is -3.09. The summed E-state index contributed by atoms with van der Waals surface area (Å²) in [7, 11) is 0. The Morgan fingerprint density at radius 1 is 1.13 bits per heavy atom. The Morgan fingerprint density at radius 2 is 1.87 bits per heavy atom. The van der Waals surface area contributed by atoms with Gasteiger partial charge in [0, 0.05) is 34.5 Å². The van der Waals surface area contributed by atoms with E-state index in [4.69, 9.17) is 27.6 Å². The number of nitrogens with zero attached hydrogens (tertiary/aromatic N) is 2. The summed E-state index contributed by atoms with van der Waals surface area (Å²) >= 11 is 12.0. The molecule has 158 valence electrons. The molecule has 1 atom stereocenters. The van der Waals surface area contributed by atoms with E-state index in [2.05, 4.69) is 10.5 Å². The molecule has 6 nitrogen and oxygen atoms in total. The van der Waals surface area contributed by atoms with Crippen LogP contribution in [0.1, 0.15) is 23.7 Å². The highest BCUT2D eigenvalue weighted by atomic mass is 35.5. The lowest BCUT2D eigenvalue weighted by molar-refractivity contribution is -0.133. The Labute approximate surface area is 189 Å². The van der Waals surface area contributed by atoms with Gasteiger partial charge in [-0.3, -0.25) is 9.59 Å². The van der Waals surface area contributed by atoms with E-state index in [9.17, 15) is 9.59 Å². The number of hydrogen-bond acceptors (Lipinski definition) is 4. The first kappa shape index (κ1) is 21.2. The fraction of sp³-hybridized carbons (Fsp3) is 0.174. The van der Waals surface area contributed by atoms with E-state index >= 15 is 0 Å². The fourth-order valence-corrected chi connectivity index (χ4v) is 4.05. The van der Waals surface area contributed by atoms with Crippen LogP contribution >= 0.6 is 23.2 Å². The molecule has 3 aromatic rings. The van der Waals surface area contributed by atoms with Crippen molar-refractivity contribution < 1.29 is 14.0 Å². The van der Waals surface area contributed by atoms with Gasteiger partial charge in [0.15, 0.2) is 0 Å². The SMILES string of the molecule is O=C(CN1C[C@@H](c2ccccc2)CC1=O)N/N=C\c1ccc(-c2cc(Cl)cc(Cl)c2)o1. The zero-order valence-electron chi connectivity index (χ0n) is 16.4. The number of hydrazone groups is 1. The molecule has 0 bridgehead atoms. The molecule has 2 heterocycles. The minimum Gasteiger partial charge on any atom is -0.455 e. The number of carbonyl (C=O) groups excluding carboxylic acids is 2. The van der Waals surface area contributed by atoms with Crippen molar-refractivity contribution in [2.24, 2.45) is 5.10 Å². The van der Waals surface area contributed by atoms with E-state index in [-0.39, 0.29) is 24.3 Å². The molecule has 1 aliphatic rings. The lowest BCUT2D eigenvalue weighted by Crippen LogP contribution is -2.36. The molecule has 0 aliphatic carbocycles. The van der Waals surface area contributed by atoms with Gasteiger partial charge in [-0.05, 0) is 35.9 Å². The van der Waals surface area contributed by atoms with Crippen LogP contribution in [-0.2, 0) is 9.59 Å². The van der Waals surface area contributed by atoms with Gasteiger partial charge in [-0.2, -0.15) is 5.10 Å². The van der Waals surface area contributed by atoms with Crippen molar-refractivity contribution in [1.82, 2.24) is 10.3 Å². The zero-order chi connectivity index (χ0) is 21.8. The highest BCUT2D eigenvalue weighted by Gasteiger charge is 2.31. The van der Waals surface area contributed by atoms with Gasteiger partial charge in [0.25, 0.3) is 5.91 Å². The van der Waals surface area contributed by atoms with E-state index in [0.717, 1.165) is 11.1 Å². The minimum atomic E-state index is -0.369. The zero-order valence-corrected chi connectivity index (χ0v) is 17.9. The topological polar surface area (TPSA) is 74.9 Å². The van der Waals surface area contributed by atoms with Crippen LogP contribution < -0.4 is 5.43 Å². The fourth-order valence-electron chi connectivity index (χ4n) is 3.52. The van der Waals surface area contributed by atoms with E-state index < -0.39 is 0 Å². The summed E-state index contributed by atoms with van der Waals surface area (Å²) in [6.07, 6.45) is 1.80. The summed E-state index contributed by atoms with van der Waals surface area (Å²) < 4.78 is 5.69. The third-order valence-corrected chi connectivity index (χ3v) is 5.41. The van der Waals surface area contributed by atoms with Crippen LogP contribution in [0.5, 0.6) is 0 Å². The first-order chi connectivity index (χ1) is 15.0. The second kappa shape index (κ2) is 9.37. The number of furan rings is 1. The van der Waals surface area contributed by atoms with Crippen LogP contribution in [0.4, 0.5) is 0 Å². The molecule has 0 radical (unpaired) electrons. The molecule has 0 saturated carbocycles. The van der Waals surface area contributed by atoms with Gasteiger partial charge in [-0.25, -0.2) is 5.43 Å². The maximum atomic E-state index is 12.2. The molecule has 1 saturated heterocycles. The molecular weight excluding hydrogens is 437 g/mol. The van der Waals surface area contributed by atoms with Crippen molar-refractivity contribution in [3.63, 3.8) is 0 Å². The van der Waals surface area contributed by atoms with Gasteiger partial charge in [0.1, 0.15) is 18.1 Å². The summed E-state index contributed by atoms with van der Waals surface area (Å²) in [5.74, 6) is 0.724. The van der Waals surface area contributed by atoms with Gasteiger partial charge in [0.05, 0.1) is 6.21 Å². The monoisotopic (exact) mass is 455 g/mol. The van der Waals surface area contributed by atoms with Crippen molar-refractivity contribution in [2.75, 3.05) is 13.1 Å². The lowest BCUT2D eigenvalue weighted by Gasteiger charge is -2.15. The number of nitrogens with one attached hydrogen (secondary N) is 1. The normalized spacial score (nSPS) is 16.3. The van der Waals surface area contributed by atoms with E-state index in [1.54, 1.807) is 35.2 Å². The second-order valence-electron chi connectivity index (χ2n) is 7.24. The number of amides is 2. The molecule has 1 fully saturated rings. The first-order valence-electron chi connectivity index (χ1n) is 9.69. The molecule has 31 heavy (non-hydrogen) atoms. The molecule has 0 unspecified atom stereocenters. The molecule has 1 aromatic heterocycles. The van der Waals surface area contributed by atoms with Crippen LogP contribution in [-0.4, -0.2) is 36.0 Å². The van der Waals surface area contributed by atoms with Crippen LogP contribution in [0.15, 0.2) is 70.2 Å². The molecule has 0 spiro atoms. The van der Waals surface area contributed by atoms with Crippen molar-refractivity contribution >= 4 is 41.2 Å². The molecule has 2 aromatic carbocycles. The predicted molar refractivity (Wildman–Crippen MR) is 120 cm³/mol. The summed E-state index contributed by atoms with van der Waals surface area (Å²) in [5, 5.41) is 4.93. The molecule has 2 amide bonds. The lowest BCUT2D eigenvalue weighted by atomic mass is 9.99. The number of carbonyl (C=O) groups is 2. The summed E-state index contributed by atoms with van der Waals surface area (Å²) in [6.45, 7) is 0.480. The van der Waals surface area contributed by atoms with Crippen molar-refractivity contribution in [3.05, 3.63) is 82.0 Å². The number of hydrogen-bond donors (Lipinski definition) is 1. The Kier molecular flexibility index (Phi) is 6.39. The van der Waals surface area contributed by atoms with Crippen LogP contribution in [0.3, 0.4) is 0 Å². The summed E-state index contributed by atoms with van der Waals surface area (Å²) in [6, 6.07) is 18.4. The highest BCUT2D eigenvalue weighted by Crippen LogP contribution is 2.29. The van der Waals surface area contributed by atoms with Gasteiger partial charge in [-0.1, -0.05) is 53.5 Å². The molecule has 4 rings (SSSR count). The maximum absolute atomic E-state index is 12.2. The average molecular weight is 456 g/mol. The third kappa shape index (κ3) is 5.34. The first-order valence-corrected chi connectivity index (χ1v) is 10.4. The Balaban J connectivity index is 1.31. The van der Waals surface area contributed by atoms with Gasteiger partial charge in [0.2, 0.25) is 5.91 Å². The van der Waals surface area contributed by atoms with E-state index in [1.165, 1.54) is 6.21 Å². The quantitative estimate of drug-likeness (QED) is 0.431. The van der Waals surface area contributed by atoms with Crippen LogP contribution in [0.2, 0.25) is 10.0 Å². The van der Waals surface area contributed by atoms with Crippen molar-refractivity contribution in [2.45, 2.75) is 12.3 Å². The summed E-state index contributed by atoms with van der Waals surface area (Å²) in [4.78, 5) is 26.0. The number of rotatable bonds is 6. The standard InChI is InChI=1S/C23H19Cl2N3O3/c24-18-8-16(9-19(25)11-18)21-7-6-20(31-21)12-26-27-22(29)14-28-13-17(10-23(28)30)15-4-2-1-3-5-15/h1-9,11-12,17H,10,13-14H2,(H,27,29)/b26-12-/t17-/m0/s1. The second-order valence-corrected chi connectivity index (χ2v) is 8.11. The minimum absolute atomic E-state index is 0.0378. The van der Waals surface area contributed by atoms with E-state index in [0.29, 0.717) is 34.5 Å². The van der Waals surface area contributed by atoms with Crippen molar-refractivity contribution in [1.29, 1.82) is 0 Å². The number of halogens is 2. The van der Waals surface area contributed by atoms with Crippen LogP contribution in [0.25, 0.3) is 11.3 Å². The van der Waals surface area contributed by atoms with Crippen LogP contribution in [0, 0.1) is 0 Å². The highest BCUT2D eigenvalue weighted by molar-refractivity contribution is 6.35. The smallest absolute Gasteiger partial charge is 0.259 e. The third-order valence-electron chi connectivity index (χ3n) is 4.97. The van der Waals surface area contributed by atoms with Gasteiger partial charge < -0.3 is 9.32 Å². The van der Waals surface area contributed by atoms with E-state index in [1.807, 2.05) is 30.3 Å². The molecule has 1 aliphatic heterocycles. The van der Waals surface area contributed by atoms with Crippen molar-refractivity contribution in [3.8, 4) is 11.3 Å². The predicted octanol–water partition coefficient (Wildman–Crippen LogP) is 4.72.